The maximum atomic E-state index is 11.8. The SMILES string of the molecule is COC(=O)c1cc(CN=C(N)Nc2ccc(C)c(C)c2)ccc1OC.I. The number of nitrogens with zero attached hydrogens (tertiary/aromatic N) is 1. The van der Waals surface area contributed by atoms with Gasteiger partial charge in [-0.25, -0.2) is 9.79 Å². The summed E-state index contributed by atoms with van der Waals surface area (Å²) in [6.07, 6.45) is 0. The van der Waals surface area contributed by atoms with Crippen molar-refractivity contribution >= 4 is 41.6 Å². The fourth-order valence-electron chi connectivity index (χ4n) is 2.31. The maximum Gasteiger partial charge on any atom is 0.341 e. The van der Waals surface area contributed by atoms with E-state index in [1.165, 1.54) is 25.3 Å². The van der Waals surface area contributed by atoms with Crippen LogP contribution >= 0.6 is 24.0 Å². The molecule has 0 aliphatic heterocycles. The Morgan fingerprint density at radius 2 is 1.85 bits per heavy atom. The standard InChI is InChI=1S/C19H23N3O3.HI/c1-12-5-7-15(9-13(12)2)22-19(20)21-11-14-6-8-17(24-3)16(10-14)18(23)25-4;/h5-10H,11H2,1-4H3,(H3,20,21,22);1H. The summed E-state index contributed by atoms with van der Waals surface area (Å²) in [6, 6.07) is 11.2. The van der Waals surface area contributed by atoms with Crippen LogP contribution in [0.2, 0.25) is 0 Å². The van der Waals surface area contributed by atoms with E-state index in [0.717, 1.165) is 11.3 Å². The number of hydrogen-bond acceptors (Lipinski definition) is 4. The van der Waals surface area contributed by atoms with Crippen molar-refractivity contribution in [2.24, 2.45) is 10.7 Å². The molecule has 0 bridgehead atoms. The molecule has 0 unspecified atom stereocenters. The average molecular weight is 469 g/mol. The number of aliphatic imine (C=N–C) groups is 1. The third-order valence-electron chi connectivity index (χ3n) is 3.88. The van der Waals surface area contributed by atoms with Gasteiger partial charge < -0.3 is 20.5 Å². The number of benzene rings is 2. The van der Waals surface area contributed by atoms with Crippen molar-refractivity contribution in [2.45, 2.75) is 20.4 Å². The second-order valence-electron chi connectivity index (χ2n) is 5.65. The molecule has 0 heterocycles. The van der Waals surface area contributed by atoms with Gasteiger partial charge in [-0.1, -0.05) is 12.1 Å². The molecule has 0 aromatic heterocycles. The van der Waals surface area contributed by atoms with Crippen LogP contribution in [0.25, 0.3) is 0 Å². The Morgan fingerprint density at radius 1 is 1.12 bits per heavy atom. The van der Waals surface area contributed by atoms with Crippen LogP contribution in [0, 0.1) is 13.8 Å². The summed E-state index contributed by atoms with van der Waals surface area (Å²) in [5.74, 6) is 0.309. The zero-order valence-electron chi connectivity index (χ0n) is 15.3. The van der Waals surface area contributed by atoms with Gasteiger partial charge in [0.15, 0.2) is 5.96 Å². The number of guanidine groups is 1. The number of rotatable bonds is 5. The Hall–Kier alpha value is -2.29. The van der Waals surface area contributed by atoms with Crippen LogP contribution in [0.1, 0.15) is 27.0 Å². The number of esters is 1. The summed E-state index contributed by atoms with van der Waals surface area (Å²) in [5, 5.41) is 3.06. The van der Waals surface area contributed by atoms with Crippen LogP contribution in [-0.4, -0.2) is 26.1 Å². The third kappa shape index (κ3) is 5.62. The Bertz CT molecular complexity index is 807. The highest BCUT2D eigenvalue weighted by Gasteiger charge is 2.13. The molecule has 0 saturated heterocycles. The summed E-state index contributed by atoms with van der Waals surface area (Å²) in [6.45, 7) is 4.43. The smallest absolute Gasteiger partial charge is 0.341 e. The molecule has 2 rings (SSSR count). The number of aryl methyl sites for hydroxylation is 2. The molecule has 0 amide bonds. The summed E-state index contributed by atoms with van der Waals surface area (Å²) in [7, 11) is 2.84. The second-order valence-corrected chi connectivity index (χ2v) is 5.65. The maximum absolute atomic E-state index is 11.8. The van der Waals surface area contributed by atoms with Crippen LogP contribution < -0.4 is 15.8 Å². The number of nitrogens with two attached hydrogens (primary N) is 1. The molecular formula is C19H24IN3O3. The van der Waals surface area contributed by atoms with E-state index in [1.807, 2.05) is 31.2 Å². The quantitative estimate of drug-likeness (QED) is 0.302. The van der Waals surface area contributed by atoms with E-state index in [2.05, 4.69) is 17.2 Å². The van der Waals surface area contributed by atoms with Gasteiger partial charge in [-0.15, -0.1) is 24.0 Å². The number of methoxy groups -OCH3 is 2. The first kappa shape index (κ1) is 21.8. The second kappa shape index (κ2) is 10.0. The van der Waals surface area contributed by atoms with Gasteiger partial charge in [0.25, 0.3) is 0 Å². The van der Waals surface area contributed by atoms with Crippen molar-refractivity contribution < 1.29 is 14.3 Å². The van der Waals surface area contributed by atoms with Gasteiger partial charge in [-0.05, 0) is 54.8 Å². The highest BCUT2D eigenvalue weighted by atomic mass is 127. The van der Waals surface area contributed by atoms with E-state index in [1.54, 1.807) is 12.1 Å². The molecule has 0 saturated carbocycles. The number of anilines is 1. The third-order valence-corrected chi connectivity index (χ3v) is 3.88. The molecule has 0 aliphatic carbocycles. The highest BCUT2D eigenvalue weighted by molar-refractivity contribution is 14.0. The highest BCUT2D eigenvalue weighted by Crippen LogP contribution is 2.21. The van der Waals surface area contributed by atoms with Crippen LogP contribution in [0.5, 0.6) is 5.75 Å². The number of carbonyl (C=O) groups excluding carboxylic acids is 1. The zero-order chi connectivity index (χ0) is 18.4. The van der Waals surface area contributed by atoms with Crippen molar-refractivity contribution in [2.75, 3.05) is 19.5 Å². The molecular weight excluding hydrogens is 445 g/mol. The first-order chi connectivity index (χ1) is 11.9. The first-order valence-electron chi connectivity index (χ1n) is 7.84. The fraction of sp³-hybridized carbons (Fsp3) is 0.263. The first-order valence-corrected chi connectivity index (χ1v) is 7.84. The van der Waals surface area contributed by atoms with Crippen molar-refractivity contribution in [3.63, 3.8) is 0 Å². The van der Waals surface area contributed by atoms with Gasteiger partial charge in [-0.2, -0.15) is 0 Å². The normalized spacial score (nSPS) is 10.7. The van der Waals surface area contributed by atoms with Gasteiger partial charge in [-0.3, -0.25) is 0 Å². The largest absolute Gasteiger partial charge is 0.496 e. The molecule has 2 aromatic carbocycles. The lowest BCUT2D eigenvalue weighted by Crippen LogP contribution is -2.22. The number of nitrogens with one attached hydrogen (secondary N) is 1. The van der Waals surface area contributed by atoms with Gasteiger partial charge in [0.05, 0.1) is 20.8 Å². The summed E-state index contributed by atoms with van der Waals surface area (Å²) < 4.78 is 9.94. The molecule has 0 aliphatic rings. The predicted molar refractivity (Wildman–Crippen MR) is 115 cm³/mol. The Morgan fingerprint density at radius 3 is 2.46 bits per heavy atom. The van der Waals surface area contributed by atoms with E-state index in [4.69, 9.17) is 15.2 Å². The van der Waals surface area contributed by atoms with Crippen molar-refractivity contribution in [1.82, 2.24) is 0 Å². The molecule has 6 nitrogen and oxygen atoms in total. The summed E-state index contributed by atoms with van der Waals surface area (Å²) >= 11 is 0. The van der Waals surface area contributed by atoms with E-state index in [0.29, 0.717) is 23.8 Å². The van der Waals surface area contributed by atoms with Crippen LogP contribution in [-0.2, 0) is 11.3 Å². The minimum Gasteiger partial charge on any atom is -0.496 e. The lowest BCUT2D eigenvalue weighted by molar-refractivity contribution is 0.0597. The number of hydrogen-bond donors (Lipinski definition) is 2. The molecule has 140 valence electrons. The Kier molecular flexibility index (Phi) is 8.37. The minimum atomic E-state index is -0.455. The van der Waals surface area contributed by atoms with Crippen molar-refractivity contribution in [1.29, 1.82) is 0 Å². The van der Waals surface area contributed by atoms with Crippen LogP contribution in [0.3, 0.4) is 0 Å². The van der Waals surface area contributed by atoms with Crippen molar-refractivity contribution in [3.8, 4) is 5.75 Å². The number of ether oxygens (including phenoxy) is 2. The molecule has 3 N–H and O–H groups in total. The number of carbonyl (C=O) groups is 1. The van der Waals surface area contributed by atoms with E-state index >= 15 is 0 Å². The molecule has 0 spiro atoms. The lowest BCUT2D eigenvalue weighted by atomic mass is 10.1. The Balaban J connectivity index is 0.00000338. The van der Waals surface area contributed by atoms with E-state index in [-0.39, 0.29) is 24.0 Å². The molecule has 26 heavy (non-hydrogen) atoms. The van der Waals surface area contributed by atoms with Crippen LogP contribution in [0.15, 0.2) is 41.4 Å². The average Bonchev–Trinajstić information content (AvgIpc) is 2.62. The summed E-state index contributed by atoms with van der Waals surface area (Å²) in [4.78, 5) is 16.1. The predicted octanol–water partition coefficient (Wildman–Crippen LogP) is 3.64. The lowest BCUT2D eigenvalue weighted by Gasteiger charge is -2.10. The fourth-order valence-corrected chi connectivity index (χ4v) is 2.31. The van der Waals surface area contributed by atoms with Gasteiger partial charge in [0, 0.05) is 5.69 Å². The van der Waals surface area contributed by atoms with Gasteiger partial charge in [0.2, 0.25) is 0 Å². The van der Waals surface area contributed by atoms with Crippen LogP contribution in [0.4, 0.5) is 5.69 Å². The molecule has 0 fully saturated rings. The molecule has 0 radical (unpaired) electrons. The summed E-state index contributed by atoms with van der Waals surface area (Å²) in [5.41, 5.74) is 10.4. The molecule has 7 heteroatoms. The minimum absolute atomic E-state index is 0. The van der Waals surface area contributed by atoms with Gasteiger partial charge >= 0.3 is 5.97 Å². The number of halogens is 1. The topological polar surface area (TPSA) is 85.9 Å². The molecule has 0 atom stereocenters. The monoisotopic (exact) mass is 469 g/mol. The van der Waals surface area contributed by atoms with E-state index in [9.17, 15) is 4.79 Å². The van der Waals surface area contributed by atoms with Gasteiger partial charge in [0.1, 0.15) is 11.3 Å². The Labute approximate surface area is 170 Å². The van der Waals surface area contributed by atoms with E-state index < -0.39 is 5.97 Å². The molecule has 2 aromatic rings. The zero-order valence-corrected chi connectivity index (χ0v) is 17.7. The van der Waals surface area contributed by atoms with Crippen molar-refractivity contribution in [3.05, 3.63) is 58.7 Å².